The van der Waals surface area contributed by atoms with Gasteiger partial charge in [-0.3, -0.25) is 19.4 Å². The Labute approximate surface area is 296 Å². The molecule has 2 aromatic carbocycles. The van der Waals surface area contributed by atoms with E-state index in [1.54, 1.807) is 12.3 Å². The zero-order valence-corrected chi connectivity index (χ0v) is 27.4. The van der Waals surface area contributed by atoms with Gasteiger partial charge in [0.15, 0.2) is 11.3 Å². The summed E-state index contributed by atoms with van der Waals surface area (Å²) in [6.45, 7) is -1.08. The van der Waals surface area contributed by atoms with E-state index in [9.17, 15) is 35.9 Å². The van der Waals surface area contributed by atoms with Crippen molar-refractivity contribution in [1.29, 1.82) is 0 Å². The van der Waals surface area contributed by atoms with Gasteiger partial charge in [0.25, 0.3) is 11.8 Å². The number of nitrogens with two attached hydrogens (primary N) is 1. The van der Waals surface area contributed by atoms with Crippen LogP contribution < -0.4 is 11.1 Å². The highest BCUT2D eigenvalue weighted by molar-refractivity contribution is 7.21. The number of hydrogen-bond donors (Lipinski definition) is 3. The predicted molar refractivity (Wildman–Crippen MR) is 172 cm³/mol. The van der Waals surface area contributed by atoms with Crippen LogP contribution >= 0.6 is 11.3 Å². The molecule has 8 rings (SSSR count). The molecule has 1 fully saturated rings. The number of nitrogens with zero attached hydrogens (tertiary/aromatic N) is 5. The van der Waals surface area contributed by atoms with Crippen LogP contribution in [0, 0.1) is 23.4 Å². The maximum Gasteiger partial charge on any atom is 0.435 e. The number of rotatable bonds is 9. The van der Waals surface area contributed by atoms with E-state index in [0.717, 1.165) is 24.3 Å². The topological polar surface area (TPSA) is 144 Å². The Morgan fingerprint density at radius 3 is 2.49 bits per heavy atom. The number of carbonyl (C=O) groups is 2. The molecule has 53 heavy (non-hydrogen) atoms. The van der Waals surface area contributed by atoms with Gasteiger partial charge in [-0.25, -0.2) is 23.1 Å². The Bertz CT molecular complexity index is 2440. The number of hydrogen-bond acceptors (Lipinski definition) is 7. The Balaban J connectivity index is 1.25. The highest BCUT2D eigenvalue weighted by Crippen LogP contribution is 2.68. The van der Waals surface area contributed by atoms with Crippen LogP contribution in [0.15, 0.2) is 54.9 Å². The van der Waals surface area contributed by atoms with E-state index in [-0.39, 0.29) is 40.9 Å². The maximum atomic E-state index is 15.3. The number of alkyl halides is 5. The molecule has 4 heterocycles. The fourth-order valence-electron chi connectivity index (χ4n) is 6.90. The summed E-state index contributed by atoms with van der Waals surface area (Å²) in [4.78, 5) is 35.1. The van der Waals surface area contributed by atoms with Crippen molar-refractivity contribution in [2.24, 2.45) is 11.7 Å². The number of pyridine rings is 1. The largest absolute Gasteiger partial charge is 0.435 e. The Morgan fingerprint density at radius 2 is 1.81 bits per heavy atom. The van der Waals surface area contributed by atoms with Gasteiger partial charge in [-0.1, -0.05) is 6.07 Å². The number of halogens is 8. The lowest BCUT2D eigenvalue weighted by Crippen LogP contribution is -2.35. The molecule has 3 atom stereocenters. The van der Waals surface area contributed by atoms with Crippen molar-refractivity contribution in [3.63, 3.8) is 0 Å². The highest BCUT2D eigenvalue weighted by Gasteiger charge is 2.68. The Hall–Kier alpha value is -5.72. The summed E-state index contributed by atoms with van der Waals surface area (Å²) in [6, 6.07) is 6.19. The lowest BCUT2D eigenvalue weighted by Gasteiger charge is -2.23. The monoisotopic (exact) mass is 758 g/mol. The van der Waals surface area contributed by atoms with E-state index in [2.05, 4.69) is 30.6 Å². The summed E-state index contributed by atoms with van der Waals surface area (Å²) < 4.78 is 117. The first-order valence-corrected chi connectivity index (χ1v) is 16.6. The number of H-pyrrole nitrogens is 1. The average Bonchev–Trinajstić information content (AvgIpc) is 3.38. The van der Waals surface area contributed by atoms with Crippen LogP contribution in [-0.2, 0) is 29.9 Å². The molecule has 0 aliphatic heterocycles. The normalized spacial score (nSPS) is 17.8. The number of benzene rings is 2. The number of amides is 2. The number of fused-ring (bicyclic) bond motifs is 4. The lowest BCUT2D eigenvalue weighted by molar-refractivity contribution is -0.142. The van der Waals surface area contributed by atoms with Gasteiger partial charge >= 0.3 is 6.18 Å². The van der Waals surface area contributed by atoms with Gasteiger partial charge in [0.1, 0.15) is 34.7 Å². The van der Waals surface area contributed by atoms with Crippen LogP contribution in [0.25, 0.3) is 32.0 Å². The molecule has 0 bridgehead atoms. The molecule has 4 aromatic heterocycles. The van der Waals surface area contributed by atoms with E-state index in [4.69, 9.17) is 5.73 Å². The van der Waals surface area contributed by atoms with Crippen LogP contribution in [0.3, 0.4) is 0 Å². The van der Waals surface area contributed by atoms with Crippen molar-refractivity contribution in [1.82, 2.24) is 35.3 Å². The Kier molecular flexibility index (Phi) is 7.90. The fraction of sp³-hybridized carbons (Fsp3) is 0.235. The summed E-state index contributed by atoms with van der Waals surface area (Å²) in [6.07, 6.45) is -2.53. The molecule has 0 unspecified atom stereocenters. The van der Waals surface area contributed by atoms with Crippen LogP contribution in [-0.4, -0.2) is 41.8 Å². The van der Waals surface area contributed by atoms with E-state index >= 15 is 8.78 Å². The number of aromatic nitrogens is 6. The molecule has 0 saturated heterocycles. The zero-order chi connectivity index (χ0) is 37.6. The summed E-state index contributed by atoms with van der Waals surface area (Å²) >= 11 is 1.18. The zero-order valence-electron chi connectivity index (χ0n) is 26.6. The maximum absolute atomic E-state index is 15.3. The Morgan fingerprint density at radius 1 is 1.06 bits per heavy atom. The van der Waals surface area contributed by atoms with Crippen molar-refractivity contribution in [3.8, 4) is 21.7 Å². The van der Waals surface area contributed by atoms with Crippen LogP contribution in [0.5, 0.6) is 0 Å². The molecule has 0 radical (unpaired) electrons. The van der Waals surface area contributed by atoms with Gasteiger partial charge < -0.3 is 11.1 Å². The lowest BCUT2D eigenvalue weighted by atomic mass is 9.94. The van der Waals surface area contributed by atoms with Gasteiger partial charge in [0.05, 0.1) is 28.2 Å². The summed E-state index contributed by atoms with van der Waals surface area (Å²) in [7, 11) is 0. The third-order valence-electron chi connectivity index (χ3n) is 9.22. The molecule has 6 aromatic rings. The van der Waals surface area contributed by atoms with E-state index in [1.165, 1.54) is 23.6 Å². The summed E-state index contributed by atoms with van der Waals surface area (Å²) in [5.74, 6) is -11.1. The second kappa shape index (κ2) is 12.2. The number of primary amides is 1. The molecule has 10 nitrogen and oxygen atoms in total. The van der Waals surface area contributed by atoms with Crippen molar-refractivity contribution in [2.45, 2.75) is 43.4 Å². The minimum Gasteiger partial charge on any atom is -0.366 e. The van der Waals surface area contributed by atoms with Crippen molar-refractivity contribution < 1.29 is 44.7 Å². The summed E-state index contributed by atoms with van der Waals surface area (Å²) in [5.41, 5.74) is 2.82. The van der Waals surface area contributed by atoms with Gasteiger partial charge in [0, 0.05) is 34.9 Å². The van der Waals surface area contributed by atoms with E-state index in [1.807, 2.05) is 0 Å². The highest BCUT2D eigenvalue weighted by atomic mass is 32.1. The minimum atomic E-state index is -5.07. The van der Waals surface area contributed by atoms with E-state index < -0.39 is 88.3 Å². The SMILES string of the molecule is NC(=O)c1cc(-c2cc3sc(-c4cn[nH]c4)nc3nc2[C@H](Cc2cc(F)cc(F)c2)NC(=O)Cn2nc(C(F)(F)F)c3c2C(F)(F)[C@@H]2C[C@H]32)ccc1F. The number of nitrogens with one attached hydrogen (secondary N) is 2. The quantitative estimate of drug-likeness (QED) is 0.139. The van der Waals surface area contributed by atoms with Gasteiger partial charge in [-0.2, -0.15) is 32.1 Å². The minimum absolute atomic E-state index is 0.000835. The molecule has 272 valence electrons. The van der Waals surface area contributed by atoms with Crippen LogP contribution in [0.2, 0.25) is 0 Å². The fourth-order valence-corrected chi connectivity index (χ4v) is 7.83. The van der Waals surface area contributed by atoms with Gasteiger partial charge in [-0.05, 0) is 60.2 Å². The molecule has 4 N–H and O–H groups in total. The number of carbonyl (C=O) groups excluding carboxylic acids is 2. The van der Waals surface area contributed by atoms with E-state index in [0.29, 0.717) is 26.0 Å². The second-order valence-corrected chi connectivity index (χ2v) is 13.8. The molecule has 2 aliphatic rings. The molecule has 19 heteroatoms. The van der Waals surface area contributed by atoms with Gasteiger partial charge in [0.2, 0.25) is 5.91 Å². The number of thiazole rings is 1. The third-order valence-corrected chi connectivity index (χ3v) is 10.3. The molecule has 2 aliphatic carbocycles. The first-order valence-electron chi connectivity index (χ1n) is 15.8. The summed E-state index contributed by atoms with van der Waals surface area (Å²) in [5, 5.41) is 13.0. The van der Waals surface area contributed by atoms with Crippen molar-refractivity contribution in [3.05, 3.63) is 106 Å². The molecule has 1 saturated carbocycles. The van der Waals surface area contributed by atoms with Crippen LogP contribution in [0.1, 0.15) is 56.9 Å². The third kappa shape index (κ3) is 6.07. The van der Waals surface area contributed by atoms with Gasteiger partial charge in [-0.15, -0.1) is 11.3 Å². The molecular formula is C34H22F8N8O2S. The molecular weight excluding hydrogens is 736 g/mol. The average molecular weight is 759 g/mol. The predicted octanol–water partition coefficient (Wildman–Crippen LogP) is 6.79. The first-order chi connectivity index (χ1) is 25.1. The number of aromatic amines is 1. The van der Waals surface area contributed by atoms with Crippen LogP contribution in [0.4, 0.5) is 35.1 Å². The second-order valence-electron chi connectivity index (χ2n) is 12.7. The standard InChI is InChI=1S/C34H22F8N8O2S/c35-16-3-13(4-17(36)7-16)5-23(46-25(51)12-50-29-26(28(49-50)34(40,41)42)19-8-21(19)33(29,38)39)27-18(14-1-2-22(37)20(6-14)30(43)52)9-24-31(47-27)48-32(53-24)15-10-44-45-11-15/h1-4,6-7,9-11,19,21,23H,5,8,12H2,(H2,43,52)(H,44,45)(H,46,51)/t19-,21+,23-/m0/s1. The van der Waals surface area contributed by atoms with Crippen molar-refractivity contribution in [2.75, 3.05) is 0 Å². The molecule has 0 spiro atoms. The first kappa shape index (κ1) is 34.4. The molecule has 2 amide bonds. The van der Waals surface area contributed by atoms with Crippen molar-refractivity contribution >= 4 is 33.5 Å². The smallest absolute Gasteiger partial charge is 0.366 e.